The molecule has 0 spiro atoms. The van der Waals surface area contributed by atoms with Gasteiger partial charge >= 0.3 is 0 Å². The van der Waals surface area contributed by atoms with Crippen molar-refractivity contribution in [3.63, 3.8) is 0 Å². The van der Waals surface area contributed by atoms with Crippen LogP contribution in [0.1, 0.15) is 86.3 Å². The molecular formula is C34H58O3Si2. The predicted molar refractivity (Wildman–Crippen MR) is 172 cm³/mol. The summed E-state index contributed by atoms with van der Waals surface area (Å²) in [5.74, 6) is 0.672. The molecule has 2 aliphatic rings. The molecule has 0 radical (unpaired) electrons. The Morgan fingerprint density at radius 2 is 1.49 bits per heavy atom. The van der Waals surface area contributed by atoms with E-state index in [4.69, 9.17) is 13.6 Å². The number of rotatable bonds is 15. The van der Waals surface area contributed by atoms with E-state index < -0.39 is 16.6 Å². The lowest BCUT2D eigenvalue weighted by Gasteiger charge is -2.46. The summed E-state index contributed by atoms with van der Waals surface area (Å²) in [5, 5.41) is 0. The van der Waals surface area contributed by atoms with E-state index >= 15 is 0 Å². The number of hydrogen-bond acceptors (Lipinski definition) is 3. The summed E-state index contributed by atoms with van der Waals surface area (Å²) in [5.41, 5.74) is 5.26. The molecule has 0 N–H and O–H groups in total. The highest BCUT2D eigenvalue weighted by molar-refractivity contribution is 6.77. The topological polar surface area (TPSA) is 27.7 Å². The van der Waals surface area contributed by atoms with Crippen LogP contribution in [0.2, 0.25) is 34.8 Å². The quantitative estimate of drug-likeness (QED) is 0.119. The molecule has 0 heterocycles. The van der Waals surface area contributed by atoms with Crippen molar-refractivity contribution in [2.24, 2.45) is 11.8 Å². The molecule has 2 saturated carbocycles. The Kier molecular flexibility index (Phi) is 11.1. The molecule has 2 bridgehead atoms. The zero-order valence-electron chi connectivity index (χ0n) is 26.8. The number of aryl methyl sites for hydroxylation is 1. The van der Waals surface area contributed by atoms with Crippen LogP contribution in [0.3, 0.4) is 0 Å². The summed E-state index contributed by atoms with van der Waals surface area (Å²) in [6, 6.07) is 12.1. The Bertz CT molecular complexity index is 933. The third-order valence-corrected chi connectivity index (χ3v) is 21.2. The van der Waals surface area contributed by atoms with Crippen LogP contribution < -0.4 is 0 Å². The van der Waals surface area contributed by atoms with Gasteiger partial charge in [0.2, 0.25) is 8.32 Å². The molecule has 39 heavy (non-hydrogen) atoms. The van der Waals surface area contributed by atoms with E-state index in [0.29, 0.717) is 41.7 Å². The summed E-state index contributed by atoms with van der Waals surface area (Å²) in [6.07, 6.45) is 6.98. The van der Waals surface area contributed by atoms with Gasteiger partial charge in [-0.05, 0) is 65.7 Å². The molecule has 2 fully saturated rings. The highest BCUT2D eigenvalue weighted by Crippen LogP contribution is 2.61. The van der Waals surface area contributed by atoms with Crippen LogP contribution in [0.15, 0.2) is 48.6 Å². The van der Waals surface area contributed by atoms with E-state index in [0.717, 1.165) is 31.0 Å². The Balaban J connectivity index is 2.00. The molecular weight excluding hydrogens is 513 g/mol. The first-order valence-corrected chi connectivity index (χ1v) is 20.5. The van der Waals surface area contributed by atoms with Crippen molar-refractivity contribution in [3.8, 4) is 0 Å². The van der Waals surface area contributed by atoms with Crippen LogP contribution in [0.25, 0.3) is 0 Å². The summed E-state index contributed by atoms with van der Waals surface area (Å²) >= 11 is 0. The number of hydrogen-bond donors (Lipinski definition) is 0. The summed E-state index contributed by atoms with van der Waals surface area (Å²) in [7, 11) is -3.96. The van der Waals surface area contributed by atoms with E-state index in [2.05, 4.69) is 112 Å². The van der Waals surface area contributed by atoms with E-state index in [1.54, 1.807) is 0 Å². The van der Waals surface area contributed by atoms with Crippen molar-refractivity contribution in [3.05, 3.63) is 59.7 Å². The molecule has 0 saturated heterocycles. The zero-order valence-corrected chi connectivity index (χ0v) is 28.8. The van der Waals surface area contributed by atoms with Crippen molar-refractivity contribution in [1.82, 2.24) is 0 Å². The summed E-state index contributed by atoms with van der Waals surface area (Å²) < 4.78 is 21.4. The van der Waals surface area contributed by atoms with Crippen LogP contribution in [0.4, 0.5) is 0 Å². The lowest BCUT2D eigenvalue weighted by atomic mass is 9.90. The lowest BCUT2D eigenvalue weighted by molar-refractivity contribution is 0.0333. The lowest BCUT2D eigenvalue weighted by Crippen LogP contribution is -2.53. The van der Waals surface area contributed by atoms with Gasteiger partial charge in [0, 0.05) is 11.8 Å². The third-order valence-electron chi connectivity index (χ3n) is 10.5. The largest absolute Gasteiger partial charge is 0.409 e. The average Bonchev–Trinajstić information content (AvgIpc) is 3.38. The predicted octanol–water partition coefficient (Wildman–Crippen LogP) is 9.99. The Hall–Kier alpha value is -0.986. The molecule has 0 unspecified atom stereocenters. The maximum atomic E-state index is 7.63. The SMILES string of the molecule is C=C[C@@]1(O[Si](CC)(CC)CC)[C@@H]2CC[C@H]1/C(=C/COCc1ccc(C)cc1)[C@H]2O[Si](C(C)C)(C(C)C)C(C)C. The summed E-state index contributed by atoms with van der Waals surface area (Å²) in [4.78, 5) is 0. The molecule has 0 amide bonds. The van der Waals surface area contributed by atoms with Gasteiger partial charge in [0.1, 0.15) is 0 Å². The van der Waals surface area contributed by atoms with Crippen LogP contribution in [-0.2, 0) is 20.2 Å². The maximum absolute atomic E-state index is 7.63. The normalized spacial score (nSPS) is 26.5. The highest BCUT2D eigenvalue weighted by atomic mass is 28.4. The van der Waals surface area contributed by atoms with Gasteiger partial charge in [-0.2, -0.15) is 0 Å². The van der Waals surface area contributed by atoms with E-state index in [-0.39, 0.29) is 11.7 Å². The van der Waals surface area contributed by atoms with E-state index in [1.807, 2.05) is 0 Å². The minimum atomic E-state index is -2.10. The van der Waals surface area contributed by atoms with Gasteiger partial charge in [-0.25, -0.2) is 0 Å². The first-order chi connectivity index (χ1) is 18.5. The molecule has 0 aliphatic heterocycles. The molecule has 0 aromatic heterocycles. The van der Waals surface area contributed by atoms with Gasteiger partial charge in [0.05, 0.1) is 24.9 Å². The van der Waals surface area contributed by atoms with E-state index in [1.165, 1.54) is 16.7 Å². The van der Waals surface area contributed by atoms with Crippen LogP contribution in [0.5, 0.6) is 0 Å². The Labute approximate surface area is 243 Å². The number of fused-ring (bicyclic) bond motifs is 2. The number of ether oxygens (including phenoxy) is 1. The van der Waals surface area contributed by atoms with Gasteiger partial charge < -0.3 is 13.6 Å². The number of benzene rings is 1. The zero-order chi connectivity index (χ0) is 29.0. The molecule has 1 aromatic rings. The molecule has 2 aliphatic carbocycles. The minimum absolute atomic E-state index is 0.0980. The second-order valence-corrected chi connectivity index (χ2v) is 23.3. The van der Waals surface area contributed by atoms with Crippen LogP contribution in [0, 0.1) is 18.8 Å². The fourth-order valence-electron chi connectivity index (χ4n) is 8.18. The molecule has 3 rings (SSSR count). The second kappa shape index (κ2) is 13.3. The highest BCUT2D eigenvalue weighted by Gasteiger charge is 2.64. The van der Waals surface area contributed by atoms with Gasteiger partial charge in [-0.3, -0.25) is 0 Å². The van der Waals surface area contributed by atoms with Gasteiger partial charge in [-0.15, -0.1) is 6.58 Å². The van der Waals surface area contributed by atoms with Crippen molar-refractivity contribution in [2.45, 2.75) is 135 Å². The molecule has 5 heteroatoms. The monoisotopic (exact) mass is 570 g/mol. The van der Waals surface area contributed by atoms with Crippen molar-refractivity contribution in [2.75, 3.05) is 6.61 Å². The first kappa shape index (κ1) is 32.5. The van der Waals surface area contributed by atoms with Crippen molar-refractivity contribution >= 4 is 16.6 Å². The average molecular weight is 571 g/mol. The van der Waals surface area contributed by atoms with Crippen molar-refractivity contribution < 1.29 is 13.6 Å². The van der Waals surface area contributed by atoms with E-state index in [9.17, 15) is 0 Å². The van der Waals surface area contributed by atoms with Crippen LogP contribution >= 0.6 is 0 Å². The molecule has 3 nitrogen and oxygen atoms in total. The molecule has 220 valence electrons. The standard InChI is InChI=1S/C34H58O3Si2/c1-12-34(37-38(13-2,14-3)15-4)31-20-21-32(34)33(36-39(25(5)6,26(7)8)27(9)10)30(31)22-23-35-24-29-18-16-28(11)17-19-29/h12,16-19,22,25-27,31-33H,1,13-15,20-21,23-24H2,2-11H3/b30-22-/t31-,32+,33+,34-/m0/s1. The van der Waals surface area contributed by atoms with Crippen molar-refractivity contribution in [1.29, 1.82) is 0 Å². The molecule has 4 atom stereocenters. The smallest absolute Gasteiger partial charge is 0.201 e. The Morgan fingerprint density at radius 1 is 0.923 bits per heavy atom. The first-order valence-electron chi connectivity index (χ1n) is 15.8. The summed E-state index contributed by atoms with van der Waals surface area (Å²) in [6.45, 7) is 29.2. The Morgan fingerprint density at radius 3 is 1.97 bits per heavy atom. The third kappa shape index (κ3) is 6.13. The molecule has 1 aromatic carbocycles. The van der Waals surface area contributed by atoms with Crippen LogP contribution in [-0.4, -0.2) is 34.9 Å². The van der Waals surface area contributed by atoms with Gasteiger partial charge in [0.25, 0.3) is 0 Å². The maximum Gasteiger partial charge on any atom is 0.201 e. The fourth-order valence-corrected chi connectivity index (χ4v) is 16.8. The van der Waals surface area contributed by atoms with Gasteiger partial charge in [0.15, 0.2) is 8.32 Å². The minimum Gasteiger partial charge on any atom is -0.409 e. The second-order valence-electron chi connectivity index (χ2n) is 13.2. The fraction of sp³-hybridized carbons (Fsp3) is 0.706. The van der Waals surface area contributed by atoms with Gasteiger partial charge in [-0.1, -0.05) is 104 Å².